The third kappa shape index (κ3) is 3.67. The maximum atomic E-state index is 4.71. The summed E-state index contributed by atoms with van der Waals surface area (Å²) in [5.74, 6) is 0. The Morgan fingerprint density at radius 3 is 2.20 bits per heavy atom. The van der Waals surface area contributed by atoms with Crippen LogP contribution in [0, 0.1) is 13.8 Å². The van der Waals surface area contributed by atoms with E-state index in [0.29, 0.717) is 0 Å². The minimum absolute atomic E-state index is 1.05. The van der Waals surface area contributed by atoms with Crippen LogP contribution < -0.4 is 0 Å². The van der Waals surface area contributed by atoms with E-state index in [-0.39, 0.29) is 0 Å². The molecule has 0 bridgehead atoms. The van der Waals surface area contributed by atoms with Crippen LogP contribution in [-0.4, -0.2) is 0 Å². The van der Waals surface area contributed by atoms with E-state index in [1.54, 1.807) is 0 Å². The molecule has 0 aromatic heterocycles. The molecule has 0 aliphatic heterocycles. The van der Waals surface area contributed by atoms with Gasteiger partial charge in [0.25, 0.3) is 0 Å². The van der Waals surface area contributed by atoms with Gasteiger partial charge in [0.2, 0.25) is 0 Å². The number of hydrogen-bond donors (Lipinski definition) is 1. The smallest absolute Gasteiger partial charge is 0.0119 e. The van der Waals surface area contributed by atoms with Crippen molar-refractivity contribution in [2.75, 3.05) is 0 Å². The minimum atomic E-state index is 1.05. The Hall–Kier alpha value is -1.99. The number of unbranched alkanes of at least 4 members (excludes halogenated alkanes) is 1. The van der Waals surface area contributed by atoms with Gasteiger partial charge in [-0.15, -0.1) is 12.6 Å². The van der Waals surface area contributed by atoms with Gasteiger partial charge in [0.1, 0.15) is 0 Å². The van der Waals surface area contributed by atoms with Crippen LogP contribution in [0.3, 0.4) is 0 Å². The Balaban J connectivity index is 2.25. The summed E-state index contributed by atoms with van der Waals surface area (Å²) in [5.41, 5.74) is 9.47. The fraction of sp³-hybridized carbons (Fsp3) is 0.250. The molecule has 3 aromatic rings. The summed E-state index contributed by atoms with van der Waals surface area (Å²) in [6, 6.07) is 21.5. The summed E-state index contributed by atoms with van der Waals surface area (Å²) >= 11 is 4.71. The predicted molar refractivity (Wildman–Crippen MR) is 113 cm³/mol. The summed E-state index contributed by atoms with van der Waals surface area (Å²) in [7, 11) is 0. The van der Waals surface area contributed by atoms with Crippen molar-refractivity contribution in [3.05, 3.63) is 77.4 Å². The molecule has 0 aliphatic rings. The molecule has 3 rings (SSSR count). The van der Waals surface area contributed by atoms with Gasteiger partial charge in [-0.2, -0.15) is 0 Å². The molecule has 128 valence electrons. The molecular formula is C24H26S. The average Bonchev–Trinajstić information content (AvgIpc) is 2.62. The lowest BCUT2D eigenvalue weighted by Gasteiger charge is -2.20. The molecule has 0 spiro atoms. The van der Waals surface area contributed by atoms with Crippen LogP contribution in [0.1, 0.15) is 36.5 Å². The predicted octanol–water partition coefficient (Wildman–Crippen LogP) is 7.27. The van der Waals surface area contributed by atoms with Crippen LogP contribution in [0.25, 0.3) is 22.3 Å². The summed E-state index contributed by atoms with van der Waals surface area (Å²) < 4.78 is 0. The van der Waals surface area contributed by atoms with Gasteiger partial charge < -0.3 is 0 Å². The lowest BCUT2D eigenvalue weighted by atomic mass is 9.85. The molecule has 0 nitrogen and oxygen atoms in total. The zero-order valence-electron chi connectivity index (χ0n) is 15.3. The molecule has 0 fully saturated rings. The first-order valence-electron chi connectivity index (χ1n) is 9.10. The molecule has 0 atom stereocenters. The van der Waals surface area contributed by atoms with Crippen molar-refractivity contribution in [1.82, 2.24) is 0 Å². The minimum Gasteiger partial charge on any atom is -0.143 e. The summed E-state index contributed by atoms with van der Waals surface area (Å²) in [5, 5.41) is 0. The van der Waals surface area contributed by atoms with Gasteiger partial charge in [-0.1, -0.05) is 67.9 Å². The van der Waals surface area contributed by atoms with Crippen LogP contribution in [-0.2, 0) is 6.42 Å². The summed E-state index contributed by atoms with van der Waals surface area (Å²) in [4.78, 5) is 1.05. The van der Waals surface area contributed by atoms with Crippen LogP contribution >= 0.6 is 12.6 Å². The first-order valence-corrected chi connectivity index (χ1v) is 9.55. The molecule has 3 aromatic carbocycles. The maximum Gasteiger partial charge on any atom is 0.0119 e. The van der Waals surface area contributed by atoms with Gasteiger partial charge in [-0.25, -0.2) is 0 Å². The average molecular weight is 347 g/mol. The number of hydrogen-bond acceptors (Lipinski definition) is 1. The van der Waals surface area contributed by atoms with Crippen LogP contribution in [0.15, 0.2) is 65.6 Å². The second-order valence-electron chi connectivity index (χ2n) is 6.71. The van der Waals surface area contributed by atoms with E-state index < -0.39 is 0 Å². The Labute approximate surface area is 157 Å². The van der Waals surface area contributed by atoms with Gasteiger partial charge in [0, 0.05) is 4.90 Å². The monoisotopic (exact) mass is 346 g/mol. The quantitative estimate of drug-likeness (QED) is 0.461. The second kappa shape index (κ2) is 7.93. The Morgan fingerprint density at radius 1 is 0.840 bits per heavy atom. The SMILES string of the molecule is CCCCc1c(-c2ccccc2S)cc(C)c(-c2ccccc2)c1C. The van der Waals surface area contributed by atoms with Crippen LogP contribution in [0.5, 0.6) is 0 Å². The zero-order valence-corrected chi connectivity index (χ0v) is 16.2. The normalized spacial score (nSPS) is 10.9. The van der Waals surface area contributed by atoms with E-state index in [1.807, 2.05) is 0 Å². The number of thiol groups is 1. The van der Waals surface area contributed by atoms with Gasteiger partial charge in [-0.3, -0.25) is 0 Å². The molecular weight excluding hydrogens is 320 g/mol. The lowest BCUT2D eigenvalue weighted by Crippen LogP contribution is -2.00. The molecule has 0 radical (unpaired) electrons. The Morgan fingerprint density at radius 2 is 1.52 bits per heavy atom. The van der Waals surface area contributed by atoms with Crippen molar-refractivity contribution < 1.29 is 0 Å². The maximum absolute atomic E-state index is 4.71. The van der Waals surface area contributed by atoms with Crippen molar-refractivity contribution in [3.8, 4) is 22.3 Å². The highest BCUT2D eigenvalue weighted by Gasteiger charge is 2.16. The fourth-order valence-electron chi connectivity index (χ4n) is 3.69. The second-order valence-corrected chi connectivity index (χ2v) is 7.19. The fourth-order valence-corrected chi connectivity index (χ4v) is 3.97. The van der Waals surface area contributed by atoms with E-state index in [4.69, 9.17) is 12.6 Å². The van der Waals surface area contributed by atoms with Crippen molar-refractivity contribution in [2.24, 2.45) is 0 Å². The highest BCUT2D eigenvalue weighted by molar-refractivity contribution is 7.80. The summed E-state index contributed by atoms with van der Waals surface area (Å²) in [6.45, 7) is 6.77. The topological polar surface area (TPSA) is 0 Å². The highest BCUT2D eigenvalue weighted by Crippen LogP contribution is 2.38. The van der Waals surface area contributed by atoms with Gasteiger partial charge in [-0.05, 0) is 71.7 Å². The molecule has 0 heterocycles. The van der Waals surface area contributed by atoms with E-state index >= 15 is 0 Å². The molecule has 0 saturated heterocycles. The molecule has 0 aliphatic carbocycles. The van der Waals surface area contributed by atoms with Crippen molar-refractivity contribution >= 4 is 12.6 Å². The molecule has 0 saturated carbocycles. The first-order chi connectivity index (χ1) is 12.1. The summed E-state index contributed by atoms with van der Waals surface area (Å²) in [6.07, 6.45) is 3.52. The Kier molecular flexibility index (Phi) is 5.65. The molecule has 0 unspecified atom stereocenters. The van der Waals surface area contributed by atoms with Gasteiger partial charge in [0.15, 0.2) is 0 Å². The van der Waals surface area contributed by atoms with Crippen molar-refractivity contribution in [2.45, 2.75) is 44.9 Å². The largest absolute Gasteiger partial charge is 0.143 e. The van der Waals surface area contributed by atoms with E-state index in [0.717, 1.165) is 11.3 Å². The molecule has 25 heavy (non-hydrogen) atoms. The van der Waals surface area contributed by atoms with E-state index in [1.165, 1.54) is 51.8 Å². The Bertz CT molecular complexity index is 863. The molecule has 1 heteroatoms. The van der Waals surface area contributed by atoms with Gasteiger partial charge >= 0.3 is 0 Å². The van der Waals surface area contributed by atoms with Crippen molar-refractivity contribution in [1.29, 1.82) is 0 Å². The third-order valence-electron chi connectivity index (χ3n) is 4.94. The lowest BCUT2D eigenvalue weighted by molar-refractivity contribution is 0.792. The molecule has 0 N–H and O–H groups in total. The third-order valence-corrected chi connectivity index (χ3v) is 5.33. The molecule has 0 amide bonds. The highest BCUT2D eigenvalue weighted by atomic mass is 32.1. The van der Waals surface area contributed by atoms with Crippen molar-refractivity contribution in [3.63, 3.8) is 0 Å². The van der Waals surface area contributed by atoms with Crippen LogP contribution in [0.2, 0.25) is 0 Å². The van der Waals surface area contributed by atoms with E-state index in [2.05, 4.69) is 81.4 Å². The van der Waals surface area contributed by atoms with E-state index in [9.17, 15) is 0 Å². The number of rotatable bonds is 5. The standard InChI is InChI=1S/C24H26S/c1-4-5-13-20-18(3)24(19-11-7-6-8-12-19)17(2)16-22(20)21-14-9-10-15-23(21)25/h6-12,14-16,25H,4-5,13H2,1-3H3. The number of aryl methyl sites for hydroxylation is 1. The first kappa shape index (κ1) is 17.8. The number of benzene rings is 3. The van der Waals surface area contributed by atoms with Crippen LogP contribution in [0.4, 0.5) is 0 Å². The zero-order chi connectivity index (χ0) is 17.8. The van der Waals surface area contributed by atoms with Gasteiger partial charge in [0.05, 0.1) is 0 Å².